The summed E-state index contributed by atoms with van der Waals surface area (Å²) in [6, 6.07) is 0.830. The predicted octanol–water partition coefficient (Wildman–Crippen LogP) is 1.05. The summed E-state index contributed by atoms with van der Waals surface area (Å²) in [5, 5.41) is 0. The van der Waals surface area contributed by atoms with Gasteiger partial charge in [-0.1, -0.05) is 0 Å². The summed E-state index contributed by atoms with van der Waals surface area (Å²) in [4.78, 5) is 12.4. The van der Waals surface area contributed by atoms with Gasteiger partial charge >= 0.3 is 6.18 Å². The van der Waals surface area contributed by atoms with Crippen molar-refractivity contribution in [3.05, 3.63) is 22.4 Å². The third-order valence-corrected chi connectivity index (χ3v) is 1.87. The van der Waals surface area contributed by atoms with Crippen molar-refractivity contribution in [2.45, 2.75) is 6.18 Å². The summed E-state index contributed by atoms with van der Waals surface area (Å²) in [7, 11) is 0. The zero-order valence-corrected chi connectivity index (χ0v) is 9.34. The molecule has 1 aromatic heterocycles. The molecule has 9 heteroatoms. The number of nitrogen functional groups attached to an aromatic ring is 1. The lowest BCUT2D eigenvalue weighted by Crippen LogP contribution is -2.18. The van der Waals surface area contributed by atoms with Gasteiger partial charge in [-0.3, -0.25) is 10.2 Å². The lowest BCUT2D eigenvalue weighted by molar-refractivity contribution is -0.138. The number of amides is 1. The van der Waals surface area contributed by atoms with E-state index in [-0.39, 0.29) is 10.3 Å². The Morgan fingerprint density at radius 1 is 1.50 bits per heavy atom. The molecule has 1 amide bonds. The van der Waals surface area contributed by atoms with Crippen LogP contribution in [0.1, 0.15) is 5.56 Å². The fraction of sp³-hybridized carbons (Fsp3) is 0.143. The Kier molecular flexibility index (Phi) is 5.75. The second-order valence-electron chi connectivity index (χ2n) is 2.39. The minimum absolute atomic E-state index is 0.00877. The zero-order valence-electron chi connectivity index (χ0n) is 7.75. The zero-order chi connectivity index (χ0) is 12.8. The van der Waals surface area contributed by atoms with Crippen LogP contribution in [-0.2, 0) is 11.0 Å². The second-order valence-corrected chi connectivity index (χ2v) is 3.14. The number of hydrogen-bond donors (Lipinski definition) is 3. The van der Waals surface area contributed by atoms with E-state index < -0.39 is 11.7 Å². The molecular weight excluding hydrogens is 293 g/mol. The molecular formula is C7H8BrF3N4O. The normalized spacial score (nSPS) is 10.1. The summed E-state index contributed by atoms with van der Waals surface area (Å²) in [5.41, 5.74) is 6.02. The molecule has 5 nitrogen and oxygen atoms in total. The molecule has 0 aromatic carbocycles. The number of carbonyl (C=O) groups is 1. The van der Waals surface area contributed by atoms with Crippen LogP contribution in [0.25, 0.3) is 0 Å². The van der Waals surface area contributed by atoms with Gasteiger partial charge in [-0.2, -0.15) is 13.2 Å². The number of hydrazine groups is 1. The first-order chi connectivity index (χ1) is 7.32. The van der Waals surface area contributed by atoms with Crippen LogP contribution in [0.4, 0.5) is 18.9 Å². The highest BCUT2D eigenvalue weighted by Gasteiger charge is 2.33. The van der Waals surface area contributed by atoms with Gasteiger partial charge in [-0.25, -0.2) is 10.8 Å². The Morgan fingerprint density at radius 3 is 2.31 bits per heavy atom. The molecule has 1 heterocycles. The van der Waals surface area contributed by atoms with Gasteiger partial charge in [0.2, 0.25) is 6.41 Å². The number of rotatable bonds is 1. The Bertz CT molecular complexity index is 358. The minimum Gasteiger partial charge on any atom is -0.397 e. The molecule has 0 saturated heterocycles. The van der Waals surface area contributed by atoms with Crippen LogP contribution in [-0.4, -0.2) is 11.4 Å². The molecule has 0 aliphatic rings. The third kappa shape index (κ3) is 4.94. The van der Waals surface area contributed by atoms with Crippen molar-refractivity contribution in [3.63, 3.8) is 0 Å². The molecule has 0 radical (unpaired) electrons. The molecule has 0 atom stereocenters. The Balaban J connectivity index is 0.000000487. The van der Waals surface area contributed by atoms with Crippen molar-refractivity contribution >= 4 is 28.0 Å². The van der Waals surface area contributed by atoms with Gasteiger partial charge in [0.15, 0.2) is 0 Å². The number of pyridine rings is 1. The summed E-state index contributed by atoms with van der Waals surface area (Å²) in [5.74, 6) is 4.41. The van der Waals surface area contributed by atoms with Gasteiger partial charge in [-0.05, 0) is 22.0 Å². The number of aromatic nitrogens is 1. The molecule has 0 spiro atoms. The molecule has 0 saturated carbocycles. The highest BCUT2D eigenvalue weighted by Crippen LogP contribution is 2.34. The highest BCUT2D eigenvalue weighted by atomic mass is 79.9. The van der Waals surface area contributed by atoms with E-state index in [1.165, 1.54) is 0 Å². The summed E-state index contributed by atoms with van der Waals surface area (Å²) >= 11 is 2.68. The standard InChI is InChI=1S/C6H4BrF3N2.CH4N2O/c7-5-4(6(8,9)10)1-3(11)2-12-5;2-3-1-4/h1-2H,11H2;1H,2H2,(H,3,4). The van der Waals surface area contributed by atoms with E-state index in [0.717, 1.165) is 12.3 Å². The van der Waals surface area contributed by atoms with Crippen LogP contribution in [0.15, 0.2) is 16.9 Å². The molecule has 0 unspecified atom stereocenters. The van der Waals surface area contributed by atoms with Gasteiger partial charge in [-0.15, -0.1) is 0 Å². The second kappa shape index (κ2) is 6.28. The largest absolute Gasteiger partial charge is 0.419 e. The first-order valence-corrected chi connectivity index (χ1v) is 4.50. The van der Waals surface area contributed by atoms with Crippen molar-refractivity contribution < 1.29 is 18.0 Å². The van der Waals surface area contributed by atoms with Crippen LogP contribution < -0.4 is 17.0 Å². The predicted molar refractivity (Wildman–Crippen MR) is 54.7 cm³/mol. The molecule has 5 N–H and O–H groups in total. The average molecular weight is 301 g/mol. The fourth-order valence-corrected chi connectivity index (χ4v) is 1.10. The molecule has 90 valence electrons. The topological polar surface area (TPSA) is 94.0 Å². The monoisotopic (exact) mass is 300 g/mol. The number of carbonyl (C=O) groups excluding carboxylic acids is 1. The van der Waals surface area contributed by atoms with E-state index in [4.69, 9.17) is 10.5 Å². The van der Waals surface area contributed by atoms with E-state index in [1.54, 1.807) is 5.43 Å². The molecule has 16 heavy (non-hydrogen) atoms. The molecule has 0 fully saturated rings. The van der Waals surface area contributed by atoms with E-state index in [9.17, 15) is 13.2 Å². The quantitative estimate of drug-likeness (QED) is 0.238. The molecule has 1 rings (SSSR count). The van der Waals surface area contributed by atoms with Gasteiger partial charge in [0, 0.05) is 0 Å². The van der Waals surface area contributed by atoms with Gasteiger partial charge in [0.1, 0.15) is 4.60 Å². The first kappa shape index (κ1) is 14.6. The summed E-state index contributed by atoms with van der Waals surface area (Å²) in [6.45, 7) is 0. The number of hydrogen-bond acceptors (Lipinski definition) is 4. The van der Waals surface area contributed by atoms with E-state index >= 15 is 0 Å². The number of halogens is 4. The van der Waals surface area contributed by atoms with Crippen molar-refractivity contribution in [1.82, 2.24) is 10.4 Å². The van der Waals surface area contributed by atoms with Crippen LogP contribution >= 0.6 is 15.9 Å². The highest BCUT2D eigenvalue weighted by molar-refractivity contribution is 9.10. The fourth-order valence-electron chi connectivity index (χ4n) is 0.663. The van der Waals surface area contributed by atoms with Crippen LogP contribution in [0.2, 0.25) is 0 Å². The maximum Gasteiger partial charge on any atom is 0.419 e. The SMILES string of the molecule is NNC=O.Nc1cnc(Br)c(C(F)(F)F)c1. The van der Waals surface area contributed by atoms with Crippen LogP contribution in [0.3, 0.4) is 0 Å². The van der Waals surface area contributed by atoms with Gasteiger partial charge in [0.25, 0.3) is 0 Å². The van der Waals surface area contributed by atoms with Gasteiger partial charge < -0.3 is 5.73 Å². The van der Waals surface area contributed by atoms with Crippen molar-refractivity contribution in [2.24, 2.45) is 5.84 Å². The van der Waals surface area contributed by atoms with Crippen LogP contribution in [0.5, 0.6) is 0 Å². The smallest absolute Gasteiger partial charge is 0.397 e. The van der Waals surface area contributed by atoms with E-state index in [1.807, 2.05) is 0 Å². The van der Waals surface area contributed by atoms with Crippen molar-refractivity contribution in [1.29, 1.82) is 0 Å². The molecule has 0 aliphatic heterocycles. The lowest BCUT2D eigenvalue weighted by Gasteiger charge is -2.07. The number of anilines is 1. The Morgan fingerprint density at radius 2 is 2.00 bits per heavy atom. The minimum atomic E-state index is -4.42. The van der Waals surface area contributed by atoms with E-state index in [2.05, 4.69) is 26.8 Å². The summed E-state index contributed by atoms with van der Waals surface area (Å²) in [6.07, 6.45) is -2.86. The summed E-state index contributed by atoms with van der Waals surface area (Å²) < 4.78 is 36.1. The number of nitrogens with zero attached hydrogens (tertiary/aromatic N) is 1. The third-order valence-electron chi connectivity index (χ3n) is 1.23. The lowest BCUT2D eigenvalue weighted by atomic mass is 10.2. The first-order valence-electron chi connectivity index (χ1n) is 3.71. The van der Waals surface area contributed by atoms with Crippen molar-refractivity contribution in [3.8, 4) is 0 Å². The number of nitrogens with two attached hydrogens (primary N) is 2. The molecule has 0 aliphatic carbocycles. The maximum atomic E-state index is 12.1. The molecule has 1 aromatic rings. The van der Waals surface area contributed by atoms with Crippen LogP contribution in [0, 0.1) is 0 Å². The van der Waals surface area contributed by atoms with Gasteiger partial charge in [0.05, 0.1) is 17.4 Å². The Hall–Kier alpha value is -1.35. The Labute approximate surface area is 97.1 Å². The maximum absolute atomic E-state index is 12.1. The van der Waals surface area contributed by atoms with E-state index in [0.29, 0.717) is 6.41 Å². The number of alkyl halides is 3. The molecule has 0 bridgehead atoms. The average Bonchev–Trinajstić information content (AvgIpc) is 2.20. The van der Waals surface area contributed by atoms with Crippen molar-refractivity contribution in [2.75, 3.05) is 5.73 Å². The number of nitrogens with one attached hydrogen (secondary N) is 1.